The summed E-state index contributed by atoms with van der Waals surface area (Å²) in [6.07, 6.45) is 3.86. The molecular formula is C16H24FN. The van der Waals surface area contributed by atoms with Crippen molar-refractivity contribution in [3.63, 3.8) is 0 Å². The summed E-state index contributed by atoms with van der Waals surface area (Å²) in [6, 6.07) is 6.01. The van der Waals surface area contributed by atoms with E-state index in [9.17, 15) is 4.39 Å². The number of hydrogen-bond donors (Lipinski definition) is 1. The zero-order valence-corrected chi connectivity index (χ0v) is 11.7. The molecule has 1 fully saturated rings. The normalized spacial score (nSPS) is 28.3. The van der Waals surface area contributed by atoms with Crippen molar-refractivity contribution < 1.29 is 4.39 Å². The Morgan fingerprint density at radius 2 is 2.00 bits per heavy atom. The van der Waals surface area contributed by atoms with Crippen LogP contribution < -0.4 is 5.32 Å². The van der Waals surface area contributed by atoms with E-state index in [1.54, 1.807) is 6.07 Å². The van der Waals surface area contributed by atoms with Crippen LogP contribution in [0.5, 0.6) is 0 Å². The maximum Gasteiger partial charge on any atom is 0.126 e. The molecule has 1 aliphatic carbocycles. The van der Waals surface area contributed by atoms with Gasteiger partial charge in [-0.2, -0.15) is 0 Å². The first-order chi connectivity index (χ1) is 8.56. The third-order valence-corrected chi connectivity index (χ3v) is 4.42. The summed E-state index contributed by atoms with van der Waals surface area (Å²) < 4.78 is 13.2. The maximum absolute atomic E-state index is 13.2. The highest BCUT2D eigenvalue weighted by Crippen LogP contribution is 2.29. The molecule has 0 amide bonds. The van der Waals surface area contributed by atoms with Gasteiger partial charge in [-0.1, -0.05) is 26.0 Å². The van der Waals surface area contributed by atoms with Crippen molar-refractivity contribution in [2.75, 3.05) is 0 Å². The summed E-state index contributed by atoms with van der Waals surface area (Å²) >= 11 is 0. The minimum absolute atomic E-state index is 0.112. The van der Waals surface area contributed by atoms with Crippen LogP contribution in [0, 0.1) is 24.6 Å². The third kappa shape index (κ3) is 3.32. The van der Waals surface area contributed by atoms with Gasteiger partial charge in [0.15, 0.2) is 0 Å². The fourth-order valence-electron chi connectivity index (χ4n) is 2.81. The van der Waals surface area contributed by atoms with Gasteiger partial charge in [0, 0.05) is 12.6 Å². The lowest BCUT2D eigenvalue weighted by atomic mass is 9.79. The minimum atomic E-state index is -0.112. The molecule has 3 unspecified atom stereocenters. The lowest BCUT2D eigenvalue weighted by molar-refractivity contribution is 0.225. The van der Waals surface area contributed by atoms with E-state index in [4.69, 9.17) is 0 Å². The molecule has 1 aromatic rings. The average Bonchev–Trinajstić information content (AvgIpc) is 2.35. The van der Waals surface area contributed by atoms with Gasteiger partial charge in [0.2, 0.25) is 0 Å². The second kappa shape index (κ2) is 5.83. The summed E-state index contributed by atoms with van der Waals surface area (Å²) in [5.74, 6) is 1.56. The lowest BCUT2D eigenvalue weighted by Gasteiger charge is -2.32. The van der Waals surface area contributed by atoms with E-state index in [0.717, 1.165) is 23.9 Å². The molecule has 1 nitrogen and oxygen atoms in total. The van der Waals surface area contributed by atoms with Crippen molar-refractivity contribution in [3.05, 3.63) is 35.1 Å². The molecule has 1 aliphatic rings. The Morgan fingerprint density at radius 1 is 1.22 bits per heavy atom. The molecule has 2 rings (SSSR count). The Labute approximate surface area is 110 Å². The average molecular weight is 249 g/mol. The van der Waals surface area contributed by atoms with Crippen LogP contribution >= 0.6 is 0 Å². The van der Waals surface area contributed by atoms with Gasteiger partial charge in [0.05, 0.1) is 0 Å². The standard InChI is InChI=1S/C16H24FN/c1-11-4-6-15(9-12(11)2)18-10-14-5-7-16(17)13(3)8-14/h5,7-8,11-12,15,18H,4,6,9-10H2,1-3H3. The smallest absolute Gasteiger partial charge is 0.126 e. The predicted molar refractivity (Wildman–Crippen MR) is 73.9 cm³/mol. The summed E-state index contributed by atoms with van der Waals surface area (Å²) in [7, 11) is 0. The molecule has 0 bridgehead atoms. The van der Waals surface area contributed by atoms with Crippen LogP contribution in [0.3, 0.4) is 0 Å². The van der Waals surface area contributed by atoms with Gasteiger partial charge in [-0.05, 0) is 55.2 Å². The maximum atomic E-state index is 13.2. The summed E-state index contributed by atoms with van der Waals surface area (Å²) in [5.41, 5.74) is 1.92. The third-order valence-electron chi connectivity index (χ3n) is 4.42. The molecule has 1 N–H and O–H groups in total. The molecule has 0 radical (unpaired) electrons. The fourth-order valence-corrected chi connectivity index (χ4v) is 2.81. The van der Waals surface area contributed by atoms with Crippen LogP contribution in [0.15, 0.2) is 18.2 Å². The molecule has 0 spiro atoms. The number of rotatable bonds is 3. The summed E-state index contributed by atoms with van der Waals surface area (Å²) in [4.78, 5) is 0. The zero-order chi connectivity index (χ0) is 13.1. The van der Waals surface area contributed by atoms with E-state index < -0.39 is 0 Å². The van der Waals surface area contributed by atoms with E-state index >= 15 is 0 Å². The van der Waals surface area contributed by atoms with Crippen molar-refractivity contribution in [1.29, 1.82) is 0 Å². The number of aryl methyl sites for hydroxylation is 1. The van der Waals surface area contributed by atoms with Crippen molar-refractivity contribution in [3.8, 4) is 0 Å². The van der Waals surface area contributed by atoms with Crippen LogP contribution in [0.1, 0.15) is 44.2 Å². The van der Waals surface area contributed by atoms with Crippen LogP contribution in [0.25, 0.3) is 0 Å². The molecule has 100 valence electrons. The summed E-state index contributed by atoms with van der Waals surface area (Å²) in [5, 5.41) is 3.61. The van der Waals surface area contributed by atoms with Gasteiger partial charge in [-0.25, -0.2) is 4.39 Å². The first kappa shape index (κ1) is 13.5. The Bertz CT molecular complexity index is 402. The van der Waals surface area contributed by atoms with Gasteiger partial charge in [0.1, 0.15) is 5.82 Å². The van der Waals surface area contributed by atoms with E-state index in [0.29, 0.717) is 6.04 Å². The molecule has 0 aromatic heterocycles. The van der Waals surface area contributed by atoms with Crippen LogP contribution in [0.4, 0.5) is 4.39 Å². The predicted octanol–water partition coefficient (Wildman–Crippen LogP) is 4.05. The number of benzene rings is 1. The Kier molecular flexibility index (Phi) is 4.39. The zero-order valence-electron chi connectivity index (χ0n) is 11.7. The molecular weight excluding hydrogens is 225 g/mol. The van der Waals surface area contributed by atoms with Crippen molar-refractivity contribution in [1.82, 2.24) is 5.32 Å². The Hall–Kier alpha value is -0.890. The Morgan fingerprint density at radius 3 is 2.67 bits per heavy atom. The van der Waals surface area contributed by atoms with Crippen molar-refractivity contribution >= 4 is 0 Å². The highest BCUT2D eigenvalue weighted by atomic mass is 19.1. The largest absolute Gasteiger partial charge is 0.310 e. The van der Waals surface area contributed by atoms with E-state index in [-0.39, 0.29) is 5.82 Å². The number of hydrogen-bond acceptors (Lipinski definition) is 1. The molecule has 1 aromatic carbocycles. The quantitative estimate of drug-likeness (QED) is 0.852. The lowest BCUT2D eigenvalue weighted by Crippen LogP contribution is -2.35. The highest BCUT2D eigenvalue weighted by Gasteiger charge is 2.23. The molecule has 18 heavy (non-hydrogen) atoms. The highest BCUT2D eigenvalue weighted by molar-refractivity contribution is 5.23. The van der Waals surface area contributed by atoms with Gasteiger partial charge in [-0.15, -0.1) is 0 Å². The summed E-state index contributed by atoms with van der Waals surface area (Å²) in [6.45, 7) is 7.38. The first-order valence-electron chi connectivity index (χ1n) is 7.04. The minimum Gasteiger partial charge on any atom is -0.310 e. The van der Waals surface area contributed by atoms with E-state index in [1.807, 2.05) is 19.1 Å². The monoisotopic (exact) mass is 249 g/mol. The molecule has 1 saturated carbocycles. The van der Waals surface area contributed by atoms with Gasteiger partial charge in [0.25, 0.3) is 0 Å². The SMILES string of the molecule is Cc1cc(CNC2CCC(C)C(C)C2)ccc1F. The van der Waals surface area contributed by atoms with Gasteiger partial charge >= 0.3 is 0 Å². The van der Waals surface area contributed by atoms with Crippen molar-refractivity contribution in [2.45, 2.75) is 52.6 Å². The second-order valence-corrected chi connectivity index (χ2v) is 5.93. The first-order valence-corrected chi connectivity index (χ1v) is 7.04. The molecule has 2 heteroatoms. The number of nitrogens with one attached hydrogen (secondary N) is 1. The molecule has 3 atom stereocenters. The number of halogens is 1. The van der Waals surface area contributed by atoms with E-state index in [1.165, 1.54) is 24.8 Å². The van der Waals surface area contributed by atoms with Crippen LogP contribution in [-0.4, -0.2) is 6.04 Å². The molecule has 0 saturated heterocycles. The fraction of sp³-hybridized carbons (Fsp3) is 0.625. The second-order valence-electron chi connectivity index (χ2n) is 5.93. The van der Waals surface area contributed by atoms with Crippen LogP contribution in [-0.2, 0) is 6.54 Å². The van der Waals surface area contributed by atoms with Crippen LogP contribution in [0.2, 0.25) is 0 Å². The Balaban J connectivity index is 1.86. The molecule has 0 heterocycles. The van der Waals surface area contributed by atoms with Gasteiger partial charge in [-0.3, -0.25) is 0 Å². The topological polar surface area (TPSA) is 12.0 Å². The van der Waals surface area contributed by atoms with Gasteiger partial charge < -0.3 is 5.32 Å². The van der Waals surface area contributed by atoms with Crippen molar-refractivity contribution in [2.24, 2.45) is 11.8 Å². The van der Waals surface area contributed by atoms with E-state index in [2.05, 4.69) is 19.2 Å². The molecule has 0 aliphatic heterocycles.